The SMILES string of the molecule is Nc1ccc(NC(=O)COc2ccc(Cl)cc2)c(Cl)c1. The van der Waals surface area contributed by atoms with Gasteiger partial charge in [-0.2, -0.15) is 0 Å². The van der Waals surface area contributed by atoms with Gasteiger partial charge in [0.25, 0.3) is 5.91 Å². The van der Waals surface area contributed by atoms with E-state index in [0.717, 1.165) is 0 Å². The quantitative estimate of drug-likeness (QED) is 0.848. The molecule has 0 bridgehead atoms. The molecule has 0 aliphatic heterocycles. The summed E-state index contributed by atoms with van der Waals surface area (Å²) in [6.45, 7) is -0.123. The van der Waals surface area contributed by atoms with E-state index in [1.807, 2.05) is 0 Å². The molecule has 0 atom stereocenters. The number of hydrogen-bond acceptors (Lipinski definition) is 3. The van der Waals surface area contributed by atoms with Crippen molar-refractivity contribution in [1.82, 2.24) is 0 Å². The van der Waals surface area contributed by atoms with Crippen molar-refractivity contribution < 1.29 is 9.53 Å². The van der Waals surface area contributed by atoms with E-state index in [1.165, 1.54) is 0 Å². The fraction of sp³-hybridized carbons (Fsp3) is 0.0714. The standard InChI is InChI=1S/C14H12Cl2N2O2/c15-9-1-4-11(5-2-9)20-8-14(19)18-13-6-3-10(17)7-12(13)16/h1-7H,8,17H2,(H,18,19). The predicted octanol–water partition coefficient (Wildman–Crippen LogP) is 3.59. The summed E-state index contributed by atoms with van der Waals surface area (Å²) < 4.78 is 5.32. The van der Waals surface area contributed by atoms with Crippen LogP contribution in [0.1, 0.15) is 0 Å². The maximum absolute atomic E-state index is 11.7. The number of nitrogen functional groups attached to an aromatic ring is 1. The minimum absolute atomic E-state index is 0.123. The molecule has 0 fully saturated rings. The molecule has 20 heavy (non-hydrogen) atoms. The van der Waals surface area contributed by atoms with Gasteiger partial charge in [-0.05, 0) is 42.5 Å². The van der Waals surface area contributed by atoms with Gasteiger partial charge < -0.3 is 15.8 Å². The van der Waals surface area contributed by atoms with Crippen molar-refractivity contribution in [3.05, 3.63) is 52.5 Å². The molecule has 104 valence electrons. The number of benzene rings is 2. The molecular formula is C14H12Cl2N2O2. The first kappa shape index (κ1) is 14.5. The summed E-state index contributed by atoms with van der Waals surface area (Å²) in [5.41, 5.74) is 6.60. The molecule has 2 aromatic carbocycles. The lowest BCUT2D eigenvalue weighted by molar-refractivity contribution is -0.118. The lowest BCUT2D eigenvalue weighted by atomic mass is 10.3. The molecule has 0 aromatic heterocycles. The summed E-state index contributed by atoms with van der Waals surface area (Å²) in [6.07, 6.45) is 0. The summed E-state index contributed by atoms with van der Waals surface area (Å²) in [5.74, 6) is 0.250. The lowest BCUT2D eigenvalue weighted by Crippen LogP contribution is -2.20. The van der Waals surface area contributed by atoms with E-state index < -0.39 is 0 Å². The summed E-state index contributed by atoms with van der Waals surface area (Å²) >= 11 is 11.7. The number of halogens is 2. The van der Waals surface area contributed by atoms with E-state index in [1.54, 1.807) is 42.5 Å². The topological polar surface area (TPSA) is 64.3 Å². The molecule has 0 unspecified atom stereocenters. The van der Waals surface area contributed by atoms with Crippen LogP contribution in [0.15, 0.2) is 42.5 Å². The number of nitrogens with two attached hydrogens (primary N) is 1. The zero-order valence-electron chi connectivity index (χ0n) is 10.4. The third-order valence-electron chi connectivity index (χ3n) is 2.45. The Hall–Kier alpha value is -1.91. The second-order valence-electron chi connectivity index (χ2n) is 4.03. The second-order valence-corrected chi connectivity index (χ2v) is 4.87. The normalized spacial score (nSPS) is 10.1. The van der Waals surface area contributed by atoms with Crippen LogP contribution in [-0.4, -0.2) is 12.5 Å². The van der Waals surface area contributed by atoms with Gasteiger partial charge in [-0.25, -0.2) is 0 Å². The molecule has 6 heteroatoms. The van der Waals surface area contributed by atoms with Crippen LogP contribution in [0.4, 0.5) is 11.4 Å². The highest BCUT2D eigenvalue weighted by atomic mass is 35.5. The monoisotopic (exact) mass is 310 g/mol. The number of nitrogens with one attached hydrogen (secondary N) is 1. The third-order valence-corrected chi connectivity index (χ3v) is 3.02. The van der Waals surface area contributed by atoms with Crippen molar-refractivity contribution in [2.75, 3.05) is 17.7 Å². The van der Waals surface area contributed by atoms with Crippen LogP contribution in [0.3, 0.4) is 0 Å². The molecule has 0 heterocycles. The van der Waals surface area contributed by atoms with Gasteiger partial charge in [0.05, 0.1) is 10.7 Å². The van der Waals surface area contributed by atoms with E-state index in [2.05, 4.69) is 5.32 Å². The molecule has 0 aliphatic rings. The Labute approximate surface area is 126 Å². The van der Waals surface area contributed by atoms with E-state index >= 15 is 0 Å². The highest BCUT2D eigenvalue weighted by molar-refractivity contribution is 6.34. The Bertz CT molecular complexity index is 615. The second kappa shape index (κ2) is 6.50. The number of ether oxygens (including phenoxy) is 1. The molecular weight excluding hydrogens is 299 g/mol. The number of rotatable bonds is 4. The first-order valence-electron chi connectivity index (χ1n) is 5.78. The first-order chi connectivity index (χ1) is 9.54. The van der Waals surface area contributed by atoms with Crippen molar-refractivity contribution in [3.63, 3.8) is 0 Å². The van der Waals surface area contributed by atoms with E-state index in [-0.39, 0.29) is 12.5 Å². The molecule has 4 nitrogen and oxygen atoms in total. The van der Waals surface area contributed by atoms with Gasteiger partial charge in [0.15, 0.2) is 6.61 Å². The van der Waals surface area contributed by atoms with Crippen molar-refractivity contribution in [2.24, 2.45) is 0 Å². The van der Waals surface area contributed by atoms with Gasteiger partial charge in [0, 0.05) is 10.7 Å². The van der Waals surface area contributed by atoms with E-state index in [0.29, 0.717) is 27.2 Å². The number of amides is 1. The molecule has 0 spiro atoms. The average molecular weight is 311 g/mol. The van der Waals surface area contributed by atoms with E-state index in [9.17, 15) is 4.79 Å². The summed E-state index contributed by atoms with van der Waals surface area (Å²) in [6, 6.07) is 11.6. The van der Waals surface area contributed by atoms with Crippen molar-refractivity contribution >= 4 is 40.5 Å². The zero-order chi connectivity index (χ0) is 14.5. The third kappa shape index (κ3) is 4.05. The number of carbonyl (C=O) groups excluding carboxylic acids is 1. The van der Waals surface area contributed by atoms with Gasteiger partial charge >= 0.3 is 0 Å². The van der Waals surface area contributed by atoms with Crippen molar-refractivity contribution in [3.8, 4) is 5.75 Å². The smallest absolute Gasteiger partial charge is 0.262 e. The van der Waals surface area contributed by atoms with Crippen LogP contribution >= 0.6 is 23.2 Å². The fourth-order valence-corrected chi connectivity index (χ4v) is 1.86. The van der Waals surface area contributed by atoms with Crippen molar-refractivity contribution in [2.45, 2.75) is 0 Å². The molecule has 3 N–H and O–H groups in total. The van der Waals surface area contributed by atoms with Gasteiger partial charge in [0.2, 0.25) is 0 Å². The Morgan fingerprint density at radius 2 is 1.85 bits per heavy atom. The van der Waals surface area contributed by atoms with Gasteiger partial charge in [-0.15, -0.1) is 0 Å². The van der Waals surface area contributed by atoms with Gasteiger partial charge in [0.1, 0.15) is 5.75 Å². The molecule has 2 rings (SSSR count). The maximum Gasteiger partial charge on any atom is 0.262 e. The Kier molecular flexibility index (Phi) is 4.71. The number of anilines is 2. The highest BCUT2D eigenvalue weighted by Crippen LogP contribution is 2.24. The number of carbonyl (C=O) groups is 1. The van der Waals surface area contributed by atoms with Gasteiger partial charge in [-0.3, -0.25) is 4.79 Å². The van der Waals surface area contributed by atoms with Crippen LogP contribution in [0, 0.1) is 0 Å². The maximum atomic E-state index is 11.7. The van der Waals surface area contributed by atoms with Crippen molar-refractivity contribution in [1.29, 1.82) is 0 Å². The van der Waals surface area contributed by atoms with Crippen LogP contribution in [0.5, 0.6) is 5.75 Å². The fourth-order valence-electron chi connectivity index (χ4n) is 1.50. The molecule has 0 radical (unpaired) electrons. The Morgan fingerprint density at radius 1 is 1.15 bits per heavy atom. The largest absolute Gasteiger partial charge is 0.484 e. The summed E-state index contributed by atoms with van der Waals surface area (Å²) in [5, 5.41) is 3.63. The van der Waals surface area contributed by atoms with Crippen LogP contribution < -0.4 is 15.8 Å². The zero-order valence-corrected chi connectivity index (χ0v) is 11.9. The van der Waals surface area contributed by atoms with E-state index in [4.69, 9.17) is 33.7 Å². The predicted molar refractivity (Wildman–Crippen MR) is 81.4 cm³/mol. The summed E-state index contributed by atoms with van der Waals surface area (Å²) in [4.78, 5) is 11.7. The summed E-state index contributed by atoms with van der Waals surface area (Å²) in [7, 11) is 0. The molecule has 0 saturated carbocycles. The number of hydrogen-bond donors (Lipinski definition) is 2. The highest BCUT2D eigenvalue weighted by Gasteiger charge is 2.07. The molecule has 0 saturated heterocycles. The Morgan fingerprint density at radius 3 is 2.50 bits per heavy atom. The van der Waals surface area contributed by atoms with Crippen LogP contribution in [0.2, 0.25) is 10.0 Å². The average Bonchev–Trinajstić information content (AvgIpc) is 2.41. The minimum atomic E-state index is -0.313. The van der Waals surface area contributed by atoms with Gasteiger partial charge in [-0.1, -0.05) is 23.2 Å². The molecule has 2 aromatic rings. The lowest BCUT2D eigenvalue weighted by Gasteiger charge is -2.09. The van der Waals surface area contributed by atoms with Crippen LogP contribution in [0.25, 0.3) is 0 Å². The Balaban J connectivity index is 1.90. The first-order valence-corrected chi connectivity index (χ1v) is 6.53. The van der Waals surface area contributed by atoms with Crippen LogP contribution in [-0.2, 0) is 4.79 Å². The minimum Gasteiger partial charge on any atom is -0.484 e. The molecule has 0 aliphatic carbocycles. The molecule has 1 amide bonds.